The second-order valence-corrected chi connectivity index (χ2v) is 6.00. The van der Waals surface area contributed by atoms with Gasteiger partial charge in [-0.2, -0.15) is 0 Å². The van der Waals surface area contributed by atoms with Crippen molar-refractivity contribution in [2.24, 2.45) is 0 Å². The zero-order valence-corrected chi connectivity index (χ0v) is 14.0. The van der Waals surface area contributed by atoms with Crippen LogP contribution in [-0.4, -0.2) is 18.1 Å². The lowest BCUT2D eigenvalue weighted by atomic mass is 10.2. The van der Waals surface area contributed by atoms with E-state index in [0.717, 1.165) is 36.1 Å². The molecule has 5 heteroatoms. The van der Waals surface area contributed by atoms with Crippen LogP contribution in [0.4, 0.5) is 10.1 Å². The number of hydrogen-bond acceptors (Lipinski definition) is 3. The molecule has 2 aromatic carbocycles. The van der Waals surface area contributed by atoms with Gasteiger partial charge in [0.15, 0.2) is 0 Å². The van der Waals surface area contributed by atoms with E-state index in [9.17, 15) is 4.39 Å². The van der Waals surface area contributed by atoms with Crippen LogP contribution in [-0.2, 0) is 6.54 Å². The monoisotopic (exact) mass is 343 g/mol. The van der Waals surface area contributed by atoms with Crippen LogP contribution in [0.15, 0.2) is 54.7 Å². The van der Waals surface area contributed by atoms with Gasteiger partial charge in [-0.05, 0) is 43.3 Å². The van der Waals surface area contributed by atoms with Gasteiger partial charge in [0.25, 0.3) is 0 Å². The molecule has 0 bridgehead atoms. The Morgan fingerprint density at radius 1 is 1.04 bits per heavy atom. The maximum absolute atomic E-state index is 13.5. The molecule has 0 aliphatic heterocycles. The van der Waals surface area contributed by atoms with E-state index in [-0.39, 0.29) is 5.82 Å². The molecule has 3 rings (SSSR count). The van der Waals surface area contributed by atoms with Gasteiger partial charge in [0, 0.05) is 40.9 Å². The molecule has 3 aromatic rings. The zero-order chi connectivity index (χ0) is 16.8. The van der Waals surface area contributed by atoms with Crippen molar-refractivity contribution in [2.45, 2.75) is 13.0 Å². The third kappa shape index (κ3) is 4.22. The van der Waals surface area contributed by atoms with E-state index in [1.54, 1.807) is 18.3 Å². The van der Waals surface area contributed by atoms with Crippen molar-refractivity contribution >= 4 is 28.2 Å². The molecule has 1 heterocycles. The number of hydrogen-bond donors (Lipinski definition) is 2. The first-order valence-corrected chi connectivity index (χ1v) is 8.34. The van der Waals surface area contributed by atoms with Crippen LogP contribution in [0.25, 0.3) is 10.9 Å². The van der Waals surface area contributed by atoms with E-state index in [1.165, 1.54) is 6.07 Å². The number of fused-ring (bicyclic) bond motifs is 1. The molecule has 3 nitrogen and oxygen atoms in total. The molecule has 0 spiro atoms. The second-order valence-electron chi connectivity index (χ2n) is 5.57. The molecule has 24 heavy (non-hydrogen) atoms. The summed E-state index contributed by atoms with van der Waals surface area (Å²) in [5.74, 6) is -0.162. The number of rotatable bonds is 7. The lowest BCUT2D eigenvalue weighted by Gasteiger charge is -2.10. The summed E-state index contributed by atoms with van der Waals surface area (Å²) in [7, 11) is 0. The molecule has 0 fully saturated rings. The average molecular weight is 344 g/mol. The van der Waals surface area contributed by atoms with Crippen LogP contribution in [0.3, 0.4) is 0 Å². The minimum absolute atomic E-state index is 0.162. The summed E-state index contributed by atoms with van der Waals surface area (Å²) in [4.78, 5) is 4.33. The van der Waals surface area contributed by atoms with E-state index in [4.69, 9.17) is 11.6 Å². The highest BCUT2D eigenvalue weighted by Gasteiger charge is 2.02. The summed E-state index contributed by atoms with van der Waals surface area (Å²) in [6.07, 6.45) is 2.71. The lowest BCUT2D eigenvalue weighted by molar-refractivity contribution is 0.584. The number of nitrogens with one attached hydrogen (secondary N) is 2. The Hall–Kier alpha value is -2.17. The summed E-state index contributed by atoms with van der Waals surface area (Å²) in [5, 5.41) is 8.43. The Balaban J connectivity index is 1.46. The highest BCUT2D eigenvalue weighted by molar-refractivity contribution is 6.31. The summed E-state index contributed by atoms with van der Waals surface area (Å²) in [5.41, 5.74) is 2.62. The largest absolute Gasteiger partial charge is 0.384 e. The molecule has 0 amide bonds. The molecule has 0 radical (unpaired) electrons. The Labute approximate surface area is 145 Å². The third-order valence-corrected chi connectivity index (χ3v) is 4.06. The van der Waals surface area contributed by atoms with Crippen LogP contribution in [0, 0.1) is 5.82 Å². The van der Waals surface area contributed by atoms with Crippen LogP contribution in [0.1, 0.15) is 12.0 Å². The number of nitrogens with zero attached hydrogens (tertiary/aromatic N) is 1. The van der Waals surface area contributed by atoms with Gasteiger partial charge in [-0.25, -0.2) is 4.39 Å². The molecule has 0 aliphatic rings. The van der Waals surface area contributed by atoms with Gasteiger partial charge in [-0.15, -0.1) is 0 Å². The summed E-state index contributed by atoms with van der Waals surface area (Å²) in [6, 6.07) is 14.5. The second kappa shape index (κ2) is 8.08. The highest BCUT2D eigenvalue weighted by atomic mass is 35.5. The van der Waals surface area contributed by atoms with Gasteiger partial charge in [0.2, 0.25) is 0 Å². The summed E-state index contributed by atoms with van der Waals surface area (Å²) >= 11 is 6.00. The van der Waals surface area contributed by atoms with Crippen molar-refractivity contribution < 1.29 is 4.39 Å². The lowest BCUT2D eigenvalue weighted by Crippen LogP contribution is -2.18. The first-order chi connectivity index (χ1) is 11.7. The van der Waals surface area contributed by atoms with E-state index in [2.05, 4.69) is 15.6 Å². The van der Waals surface area contributed by atoms with Gasteiger partial charge >= 0.3 is 0 Å². The fraction of sp³-hybridized carbons (Fsp3) is 0.211. The SMILES string of the molecule is Fc1ccccc1CNCCCNc1ccnc2cc(Cl)ccc12. The van der Waals surface area contributed by atoms with Crippen molar-refractivity contribution in [3.05, 3.63) is 71.1 Å². The molecule has 0 atom stereocenters. The van der Waals surface area contributed by atoms with Crippen LogP contribution < -0.4 is 10.6 Å². The fourth-order valence-corrected chi connectivity index (χ4v) is 2.74. The van der Waals surface area contributed by atoms with E-state index < -0.39 is 0 Å². The molecule has 2 N–H and O–H groups in total. The standard InChI is InChI=1S/C19H19ClFN3/c20-15-6-7-16-18(8-11-24-19(16)12-15)23-10-3-9-22-13-14-4-1-2-5-17(14)21/h1-2,4-8,11-12,22H,3,9-10,13H2,(H,23,24). The normalized spacial score (nSPS) is 10.9. The third-order valence-electron chi connectivity index (χ3n) is 3.82. The van der Waals surface area contributed by atoms with Crippen molar-refractivity contribution in [3.8, 4) is 0 Å². The highest BCUT2D eigenvalue weighted by Crippen LogP contribution is 2.24. The number of halogens is 2. The molecule has 124 valence electrons. The van der Waals surface area contributed by atoms with Crippen LogP contribution in [0.2, 0.25) is 5.02 Å². The molecule has 1 aromatic heterocycles. The summed E-state index contributed by atoms with van der Waals surface area (Å²) < 4.78 is 13.5. The topological polar surface area (TPSA) is 37.0 Å². The number of aromatic nitrogens is 1. The van der Waals surface area contributed by atoms with E-state index in [1.807, 2.05) is 30.3 Å². The number of benzene rings is 2. The molecular formula is C19H19ClFN3. The van der Waals surface area contributed by atoms with Crippen LogP contribution >= 0.6 is 11.6 Å². The van der Waals surface area contributed by atoms with Gasteiger partial charge in [0.1, 0.15) is 5.82 Å². The van der Waals surface area contributed by atoms with Gasteiger partial charge in [-0.3, -0.25) is 4.98 Å². The maximum Gasteiger partial charge on any atom is 0.127 e. The van der Waals surface area contributed by atoms with Crippen molar-refractivity contribution in [3.63, 3.8) is 0 Å². The molecule has 0 unspecified atom stereocenters. The molecule has 0 saturated heterocycles. The smallest absolute Gasteiger partial charge is 0.127 e. The predicted octanol–water partition coefficient (Wildman–Crippen LogP) is 4.62. The minimum atomic E-state index is -0.162. The van der Waals surface area contributed by atoms with Crippen LogP contribution in [0.5, 0.6) is 0 Å². The predicted molar refractivity (Wildman–Crippen MR) is 98.0 cm³/mol. The van der Waals surface area contributed by atoms with Gasteiger partial charge in [0.05, 0.1) is 5.52 Å². The average Bonchev–Trinajstić information content (AvgIpc) is 2.59. The van der Waals surface area contributed by atoms with Gasteiger partial charge < -0.3 is 10.6 Å². The quantitative estimate of drug-likeness (QED) is 0.615. The number of anilines is 1. The maximum atomic E-state index is 13.5. The Morgan fingerprint density at radius 2 is 1.92 bits per heavy atom. The van der Waals surface area contributed by atoms with Gasteiger partial charge in [-0.1, -0.05) is 29.8 Å². The zero-order valence-electron chi connectivity index (χ0n) is 13.2. The molecule has 0 saturated carbocycles. The van der Waals surface area contributed by atoms with Crippen molar-refractivity contribution in [2.75, 3.05) is 18.4 Å². The summed E-state index contributed by atoms with van der Waals surface area (Å²) in [6.45, 7) is 2.19. The Bertz CT molecular complexity index is 823. The van der Waals surface area contributed by atoms with Crippen molar-refractivity contribution in [1.82, 2.24) is 10.3 Å². The van der Waals surface area contributed by atoms with Crippen molar-refractivity contribution in [1.29, 1.82) is 0 Å². The Kier molecular flexibility index (Phi) is 5.62. The molecule has 0 aliphatic carbocycles. The fourth-order valence-electron chi connectivity index (χ4n) is 2.58. The first-order valence-electron chi connectivity index (χ1n) is 7.96. The van der Waals surface area contributed by atoms with E-state index >= 15 is 0 Å². The Morgan fingerprint density at radius 3 is 2.79 bits per heavy atom. The molecular weight excluding hydrogens is 325 g/mol. The first kappa shape index (κ1) is 16.7. The minimum Gasteiger partial charge on any atom is -0.384 e. The van der Waals surface area contributed by atoms with E-state index in [0.29, 0.717) is 17.1 Å². The number of pyridine rings is 1.